The lowest BCUT2D eigenvalue weighted by Gasteiger charge is -2.22. The molecule has 0 spiro atoms. The highest BCUT2D eigenvalue weighted by Gasteiger charge is 2.32. The van der Waals surface area contributed by atoms with Crippen molar-refractivity contribution in [3.8, 4) is 17.2 Å². The van der Waals surface area contributed by atoms with Crippen molar-refractivity contribution < 1.29 is 19.0 Å². The van der Waals surface area contributed by atoms with Crippen molar-refractivity contribution in [3.63, 3.8) is 0 Å². The zero-order chi connectivity index (χ0) is 20.7. The Labute approximate surface area is 177 Å². The Kier molecular flexibility index (Phi) is 4.55. The quantitative estimate of drug-likeness (QED) is 0.749. The van der Waals surface area contributed by atoms with Gasteiger partial charge in [0.15, 0.2) is 16.7 Å². The van der Waals surface area contributed by atoms with Crippen LogP contribution in [0.5, 0.6) is 17.2 Å². The molecule has 8 heteroatoms. The second-order valence-electron chi connectivity index (χ2n) is 6.86. The standard InChI is InChI=1S/C22H17N3O4S/c1-13-10-25-20(23)17(21(26)24-22(25)30-13)8-14-2-5-16(6-3-14)27-11-15-4-7-18-19(9-15)29-12-28-18/h2-10,23H,11-12H2,1H3/b17-8-,23-20?. The number of benzene rings is 2. The maximum atomic E-state index is 12.4. The van der Waals surface area contributed by atoms with Crippen LogP contribution in [-0.4, -0.2) is 28.6 Å². The number of nitrogens with one attached hydrogen (secondary N) is 1. The highest BCUT2D eigenvalue weighted by Crippen LogP contribution is 2.34. The van der Waals surface area contributed by atoms with Crippen LogP contribution in [0.4, 0.5) is 0 Å². The summed E-state index contributed by atoms with van der Waals surface area (Å²) < 4.78 is 16.5. The summed E-state index contributed by atoms with van der Waals surface area (Å²) in [6, 6.07) is 13.1. The van der Waals surface area contributed by atoms with Gasteiger partial charge in [-0.1, -0.05) is 30.0 Å². The molecular weight excluding hydrogens is 402 g/mol. The molecule has 1 N–H and O–H groups in total. The van der Waals surface area contributed by atoms with Gasteiger partial charge in [-0.2, -0.15) is 4.99 Å². The molecule has 0 unspecified atom stereocenters. The fourth-order valence-electron chi connectivity index (χ4n) is 3.23. The number of thioether (sulfide) groups is 1. The van der Waals surface area contributed by atoms with E-state index in [1.807, 2.05) is 55.6 Å². The molecule has 0 atom stereocenters. The van der Waals surface area contributed by atoms with Crippen molar-refractivity contribution >= 4 is 34.7 Å². The number of hydrogen-bond donors (Lipinski definition) is 1. The zero-order valence-corrected chi connectivity index (χ0v) is 16.9. The smallest absolute Gasteiger partial charge is 0.283 e. The first kappa shape index (κ1) is 18.5. The predicted octanol–water partition coefficient (Wildman–Crippen LogP) is 4.16. The number of amidine groups is 2. The van der Waals surface area contributed by atoms with E-state index in [4.69, 9.17) is 19.6 Å². The molecule has 0 fully saturated rings. The Morgan fingerprint density at radius 2 is 2.00 bits per heavy atom. The molecule has 7 nitrogen and oxygen atoms in total. The van der Waals surface area contributed by atoms with E-state index in [0.717, 1.165) is 27.5 Å². The first-order chi connectivity index (χ1) is 14.6. The molecule has 0 bridgehead atoms. The highest BCUT2D eigenvalue weighted by molar-refractivity contribution is 8.17. The molecule has 0 aromatic heterocycles. The van der Waals surface area contributed by atoms with Gasteiger partial charge < -0.3 is 14.2 Å². The van der Waals surface area contributed by atoms with E-state index in [1.165, 1.54) is 11.8 Å². The molecule has 0 saturated carbocycles. The summed E-state index contributed by atoms with van der Waals surface area (Å²) in [7, 11) is 0. The molecule has 3 heterocycles. The SMILES string of the molecule is CC1=CN2C(=N)/C(=C/c3ccc(OCc4ccc5c(c4)OCO5)cc3)C(=O)N=C2S1. The number of hydrogen-bond acceptors (Lipinski definition) is 6. The Morgan fingerprint density at radius 3 is 2.83 bits per heavy atom. The summed E-state index contributed by atoms with van der Waals surface area (Å²) >= 11 is 1.39. The van der Waals surface area contributed by atoms with Gasteiger partial charge in [0, 0.05) is 11.1 Å². The summed E-state index contributed by atoms with van der Waals surface area (Å²) in [6.07, 6.45) is 3.50. The number of aliphatic imine (C=N–C) groups is 1. The third-order valence-corrected chi connectivity index (χ3v) is 5.62. The number of rotatable bonds is 4. The Bertz CT molecular complexity index is 1150. The van der Waals surface area contributed by atoms with Gasteiger partial charge >= 0.3 is 0 Å². The molecule has 0 saturated heterocycles. The van der Waals surface area contributed by atoms with Crippen molar-refractivity contribution in [1.29, 1.82) is 5.41 Å². The van der Waals surface area contributed by atoms with Crippen molar-refractivity contribution in [3.05, 3.63) is 70.3 Å². The third kappa shape index (κ3) is 3.46. The van der Waals surface area contributed by atoms with Gasteiger partial charge in [-0.15, -0.1) is 0 Å². The van der Waals surface area contributed by atoms with Gasteiger partial charge in [0.05, 0.1) is 5.57 Å². The average molecular weight is 419 g/mol. The van der Waals surface area contributed by atoms with Crippen LogP contribution in [0, 0.1) is 5.41 Å². The minimum Gasteiger partial charge on any atom is -0.489 e. The average Bonchev–Trinajstić information content (AvgIpc) is 3.36. The van der Waals surface area contributed by atoms with E-state index in [0.29, 0.717) is 17.5 Å². The fourth-order valence-corrected chi connectivity index (χ4v) is 4.04. The van der Waals surface area contributed by atoms with Crippen LogP contribution in [0.1, 0.15) is 18.1 Å². The number of nitrogens with zero attached hydrogens (tertiary/aromatic N) is 2. The monoisotopic (exact) mass is 419 g/mol. The second-order valence-corrected chi connectivity index (χ2v) is 8.08. The molecule has 2 aromatic rings. The van der Waals surface area contributed by atoms with E-state index in [9.17, 15) is 4.79 Å². The van der Waals surface area contributed by atoms with E-state index in [-0.39, 0.29) is 18.2 Å². The summed E-state index contributed by atoms with van der Waals surface area (Å²) in [4.78, 5) is 19.1. The van der Waals surface area contributed by atoms with Gasteiger partial charge in [-0.05, 0) is 48.4 Å². The van der Waals surface area contributed by atoms with Gasteiger partial charge in [0.2, 0.25) is 6.79 Å². The summed E-state index contributed by atoms with van der Waals surface area (Å²) in [5.41, 5.74) is 2.04. The maximum absolute atomic E-state index is 12.4. The molecule has 2 aromatic carbocycles. The zero-order valence-electron chi connectivity index (χ0n) is 16.0. The van der Waals surface area contributed by atoms with E-state index in [1.54, 1.807) is 11.0 Å². The van der Waals surface area contributed by atoms with Crippen LogP contribution in [-0.2, 0) is 11.4 Å². The van der Waals surface area contributed by atoms with Gasteiger partial charge in [-0.25, -0.2) is 0 Å². The first-order valence-corrected chi connectivity index (χ1v) is 10.1. The number of amides is 1. The van der Waals surface area contributed by atoms with Crippen molar-refractivity contribution in [2.75, 3.05) is 6.79 Å². The van der Waals surface area contributed by atoms with E-state index < -0.39 is 5.91 Å². The van der Waals surface area contributed by atoms with Gasteiger partial charge in [-0.3, -0.25) is 15.1 Å². The molecule has 30 heavy (non-hydrogen) atoms. The van der Waals surface area contributed by atoms with Crippen molar-refractivity contribution in [1.82, 2.24) is 4.90 Å². The number of fused-ring (bicyclic) bond motifs is 2. The lowest BCUT2D eigenvalue weighted by atomic mass is 10.1. The maximum Gasteiger partial charge on any atom is 0.283 e. The van der Waals surface area contributed by atoms with Crippen molar-refractivity contribution in [2.45, 2.75) is 13.5 Å². The normalized spacial score (nSPS) is 18.4. The first-order valence-electron chi connectivity index (χ1n) is 9.27. The largest absolute Gasteiger partial charge is 0.489 e. The molecule has 0 radical (unpaired) electrons. The highest BCUT2D eigenvalue weighted by atomic mass is 32.2. The second kappa shape index (κ2) is 7.38. The molecule has 3 aliphatic heterocycles. The van der Waals surface area contributed by atoms with Gasteiger partial charge in [0.25, 0.3) is 5.91 Å². The minimum absolute atomic E-state index is 0.137. The van der Waals surface area contributed by atoms with Crippen LogP contribution in [0.25, 0.3) is 6.08 Å². The van der Waals surface area contributed by atoms with Crippen molar-refractivity contribution in [2.24, 2.45) is 4.99 Å². The number of allylic oxidation sites excluding steroid dienone is 1. The van der Waals surface area contributed by atoms with Gasteiger partial charge in [0.1, 0.15) is 18.2 Å². The van der Waals surface area contributed by atoms with Crippen LogP contribution in [0.15, 0.2) is 64.1 Å². The number of carbonyl (C=O) groups is 1. The summed E-state index contributed by atoms with van der Waals surface area (Å²) in [6.45, 7) is 2.57. The number of carbonyl (C=O) groups excluding carboxylic acids is 1. The fraction of sp³-hybridized carbons (Fsp3) is 0.136. The Hall–Kier alpha value is -3.52. The van der Waals surface area contributed by atoms with Crippen LogP contribution >= 0.6 is 11.8 Å². The molecule has 5 rings (SSSR count). The summed E-state index contributed by atoms with van der Waals surface area (Å²) in [5.74, 6) is 1.91. The Morgan fingerprint density at radius 1 is 1.20 bits per heavy atom. The van der Waals surface area contributed by atoms with Crippen LogP contribution in [0.3, 0.4) is 0 Å². The van der Waals surface area contributed by atoms with E-state index >= 15 is 0 Å². The molecule has 0 aliphatic carbocycles. The van der Waals surface area contributed by atoms with E-state index in [2.05, 4.69) is 4.99 Å². The number of ether oxygens (including phenoxy) is 3. The topological polar surface area (TPSA) is 84.2 Å². The molecular formula is C22H17N3O4S. The lowest BCUT2D eigenvalue weighted by Crippen LogP contribution is -2.35. The van der Waals surface area contributed by atoms with Crippen LogP contribution in [0.2, 0.25) is 0 Å². The predicted molar refractivity (Wildman–Crippen MR) is 115 cm³/mol. The molecule has 1 amide bonds. The Balaban J connectivity index is 1.28. The molecule has 3 aliphatic rings. The molecule has 150 valence electrons. The van der Waals surface area contributed by atoms with Crippen LogP contribution < -0.4 is 14.2 Å². The minimum atomic E-state index is -0.398. The summed E-state index contributed by atoms with van der Waals surface area (Å²) in [5, 5.41) is 8.89. The third-order valence-electron chi connectivity index (χ3n) is 4.73. The lowest BCUT2D eigenvalue weighted by molar-refractivity contribution is -0.114.